The molecule has 0 heterocycles. The van der Waals surface area contributed by atoms with Gasteiger partial charge in [-0.1, -0.05) is 158 Å². The summed E-state index contributed by atoms with van der Waals surface area (Å²) < 4.78 is 0. The summed E-state index contributed by atoms with van der Waals surface area (Å²) in [6.07, 6.45) is 23.5. The minimum Gasteiger partial charge on any atom is -0.354 e. The van der Waals surface area contributed by atoms with E-state index < -0.39 is 6.04 Å². The number of rotatable bonds is 23. The predicted octanol–water partition coefficient (Wildman–Crippen LogP) is 9.05. The zero-order chi connectivity index (χ0) is 28.7. The fourth-order valence-corrected chi connectivity index (χ4v) is 5.08. The van der Waals surface area contributed by atoms with Crippen molar-refractivity contribution in [1.82, 2.24) is 10.6 Å². The number of carbonyl (C=O) groups excluding carboxylic acids is 2. The molecule has 2 aromatic carbocycles. The van der Waals surface area contributed by atoms with Crippen LogP contribution < -0.4 is 10.6 Å². The molecule has 2 amide bonds. The standard InChI is InChI=1S/C36H54N2O2/c1-3-5-6-7-8-9-10-11-12-13-14-15-16-17-18-22-29-37-36(40)34(30-32-23-20-19-21-24-32)38-35(39)33-27-25-31(4-2)26-28-33/h4,19-21,23-28,34H,2-3,5-18,22,29-30H2,1H3,(H,37,40)(H,38,39). The second-order valence-electron chi connectivity index (χ2n) is 11.1. The quantitative estimate of drug-likeness (QED) is 0.137. The zero-order valence-corrected chi connectivity index (χ0v) is 25.1. The molecule has 0 radical (unpaired) electrons. The Kier molecular flexibility index (Phi) is 18.2. The molecular weight excluding hydrogens is 492 g/mol. The van der Waals surface area contributed by atoms with Crippen molar-refractivity contribution in [3.63, 3.8) is 0 Å². The van der Waals surface area contributed by atoms with E-state index in [0.29, 0.717) is 18.5 Å². The molecule has 220 valence electrons. The van der Waals surface area contributed by atoms with Crippen LogP contribution in [0.3, 0.4) is 0 Å². The molecule has 1 unspecified atom stereocenters. The van der Waals surface area contributed by atoms with E-state index in [0.717, 1.165) is 24.0 Å². The largest absolute Gasteiger partial charge is 0.354 e. The molecule has 0 aromatic heterocycles. The molecule has 0 saturated carbocycles. The third-order valence-electron chi connectivity index (χ3n) is 7.64. The van der Waals surface area contributed by atoms with Gasteiger partial charge in [0.15, 0.2) is 0 Å². The topological polar surface area (TPSA) is 58.2 Å². The lowest BCUT2D eigenvalue weighted by Crippen LogP contribution is -2.48. The van der Waals surface area contributed by atoms with Gasteiger partial charge in [-0.15, -0.1) is 0 Å². The second kappa shape index (κ2) is 21.9. The maximum absolute atomic E-state index is 13.0. The summed E-state index contributed by atoms with van der Waals surface area (Å²) in [4.78, 5) is 25.9. The highest BCUT2D eigenvalue weighted by atomic mass is 16.2. The molecule has 0 aliphatic rings. The van der Waals surface area contributed by atoms with E-state index in [4.69, 9.17) is 0 Å². The molecule has 40 heavy (non-hydrogen) atoms. The predicted molar refractivity (Wildman–Crippen MR) is 170 cm³/mol. The van der Waals surface area contributed by atoms with E-state index >= 15 is 0 Å². The van der Waals surface area contributed by atoms with Crippen molar-refractivity contribution >= 4 is 17.9 Å². The molecule has 2 N–H and O–H groups in total. The van der Waals surface area contributed by atoms with Crippen molar-refractivity contribution in [3.05, 3.63) is 77.9 Å². The van der Waals surface area contributed by atoms with Gasteiger partial charge in [-0.2, -0.15) is 0 Å². The van der Waals surface area contributed by atoms with Gasteiger partial charge in [-0.05, 0) is 29.7 Å². The van der Waals surface area contributed by atoms with Gasteiger partial charge >= 0.3 is 0 Å². The Morgan fingerprint density at radius 1 is 0.700 bits per heavy atom. The third-order valence-corrected chi connectivity index (χ3v) is 7.64. The molecule has 0 bridgehead atoms. The first-order valence-electron chi connectivity index (χ1n) is 16.0. The van der Waals surface area contributed by atoms with Crippen LogP contribution in [0.2, 0.25) is 0 Å². The third kappa shape index (κ3) is 15.1. The minimum atomic E-state index is -0.616. The number of amides is 2. The summed E-state index contributed by atoms with van der Waals surface area (Å²) >= 11 is 0. The Morgan fingerprint density at radius 3 is 1.70 bits per heavy atom. The average molecular weight is 547 g/mol. The lowest BCUT2D eigenvalue weighted by Gasteiger charge is -2.19. The average Bonchev–Trinajstić information content (AvgIpc) is 2.98. The van der Waals surface area contributed by atoms with Crippen molar-refractivity contribution < 1.29 is 9.59 Å². The first-order chi connectivity index (χ1) is 19.6. The van der Waals surface area contributed by atoms with Crippen LogP contribution in [-0.4, -0.2) is 24.4 Å². The van der Waals surface area contributed by atoms with E-state index in [1.165, 1.54) is 89.9 Å². The van der Waals surface area contributed by atoms with Crippen LogP contribution >= 0.6 is 0 Å². The van der Waals surface area contributed by atoms with Crippen LogP contribution in [0.4, 0.5) is 0 Å². The van der Waals surface area contributed by atoms with Crippen molar-refractivity contribution in [2.24, 2.45) is 0 Å². The van der Waals surface area contributed by atoms with Gasteiger partial charge in [-0.25, -0.2) is 0 Å². The van der Waals surface area contributed by atoms with Gasteiger partial charge < -0.3 is 10.6 Å². The molecule has 0 fully saturated rings. The highest BCUT2D eigenvalue weighted by Crippen LogP contribution is 2.14. The number of benzene rings is 2. The van der Waals surface area contributed by atoms with E-state index in [9.17, 15) is 9.59 Å². The van der Waals surface area contributed by atoms with Crippen LogP contribution in [0.1, 0.15) is 131 Å². The maximum atomic E-state index is 13.0. The van der Waals surface area contributed by atoms with Gasteiger partial charge in [-0.3, -0.25) is 9.59 Å². The smallest absolute Gasteiger partial charge is 0.251 e. The van der Waals surface area contributed by atoms with Gasteiger partial charge in [0.05, 0.1) is 0 Å². The molecule has 2 rings (SSSR count). The van der Waals surface area contributed by atoms with Gasteiger partial charge in [0.1, 0.15) is 6.04 Å². The summed E-state index contributed by atoms with van der Waals surface area (Å²) in [5.41, 5.74) is 2.51. The monoisotopic (exact) mass is 546 g/mol. The molecule has 4 nitrogen and oxygen atoms in total. The van der Waals surface area contributed by atoms with Crippen LogP contribution in [0.5, 0.6) is 0 Å². The fraction of sp³-hybridized carbons (Fsp3) is 0.556. The maximum Gasteiger partial charge on any atom is 0.251 e. The van der Waals surface area contributed by atoms with Crippen LogP contribution in [0.25, 0.3) is 6.08 Å². The van der Waals surface area contributed by atoms with Gasteiger partial charge in [0, 0.05) is 18.5 Å². The van der Waals surface area contributed by atoms with E-state index in [2.05, 4.69) is 24.1 Å². The van der Waals surface area contributed by atoms with Crippen molar-refractivity contribution in [3.8, 4) is 0 Å². The minimum absolute atomic E-state index is 0.124. The number of hydrogen-bond donors (Lipinski definition) is 2. The van der Waals surface area contributed by atoms with Crippen LogP contribution in [0.15, 0.2) is 61.2 Å². The van der Waals surface area contributed by atoms with Crippen molar-refractivity contribution in [1.29, 1.82) is 0 Å². The Morgan fingerprint density at radius 2 is 1.20 bits per heavy atom. The summed E-state index contributed by atoms with van der Waals surface area (Å²) in [5.74, 6) is -0.366. The number of unbranched alkanes of at least 4 members (excludes halogenated alkanes) is 15. The van der Waals surface area contributed by atoms with E-state index in [1.807, 2.05) is 42.5 Å². The van der Waals surface area contributed by atoms with Crippen LogP contribution in [-0.2, 0) is 11.2 Å². The second-order valence-corrected chi connectivity index (χ2v) is 11.1. The normalized spacial score (nSPS) is 11.6. The Bertz CT molecular complexity index is 939. The molecule has 1 atom stereocenters. The fourth-order valence-electron chi connectivity index (χ4n) is 5.08. The van der Waals surface area contributed by atoms with Crippen molar-refractivity contribution in [2.45, 2.75) is 122 Å². The lowest BCUT2D eigenvalue weighted by molar-refractivity contribution is -0.122. The van der Waals surface area contributed by atoms with E-state index in [1.54, 1.807) is 18.2 Å². The molecule has 2 aromatic rings. The SMILES string of the molecule is C=Cc1ccc(C(=O)NC(Cc2ccccc2)C(=O)NCCCCCCCCCCCCCCCCCC)cc1. The molecule has 4 heteroatoms. The lowest BCUT2D eigenvalue weighted by atomic mass is 10.0. The zero-order valence-electron chi connectivity index (χ0n) is 25.1. The first kappa shape index (κ1) is 33.3. The van der Waals surface area contributed by atoms with Gasteiger partial charge in [0.2, 0.25) is 5.91 Å². The summed E-state index contributed by atoms with van der Waals surface area (Å²) in [5, 5.41) is 6.01. The van der Waals surface area contributed by atoms with Crippen molar-refractivity contribution in [2.75, 3.05) is 6.54 Å². The highest BCUT2D eigenvalue weighted by Gasteiger charge is 2.21. The molecule has 0 aliphatic heterocycles. The van der Waals surface area contributed by atoms with E-state index in [-0.39, 0.29) is 11.8 Å². The first-order valence-corrected chi connectivity index (χ1v) is 16.0. The molecule has 0 saturated heterocycles. The Hall–Kier alpha value is -2.88. The Labute approximate surface area is 244 Å². The molecule has 0 aliphatic carbocycles. The number of hydrogen-bond acceptors (Lipinski definition) is 2. The summed E-state index contributed by atoms with van der Waals surface area (Å²) in [7, 11) is 0. The highest BCUT2D eigenvalue weighted by molar-refractivity contribution is 5.97. The molecule has 0 spiro atoms. The number of carbonyl (C=O) groups is 2. The summed E-state index contributed by atoms with van der Waals surface area (Å²) in [6.45, 7) is 6.68. The Balaban J connectivity index is 1.59. The summed E-state index contributed by atoms with van der Waals surface area (Å²) in [6, 6.07) is 16.5. The van der Waals surface area contributed by atoms with Gasteiger partial charge in [0.25, 0.3) is 5.91 Å². The molecular formula is C36H54N2O2. The number of nitrogens with one attached hydrogen (secondary N) is 2. The van der Waals surface area contributed by atoms with Crippen LogP contribution in [0, 0.1) is 0 Å².